The second-order valence-corrected chi connectivity index (χ2v) is 2.27. The van der Waals surface area contributed by atoms with E-state index in [0.717, 1.165) is 5.32 Å². The van der Waals surface area contributed by atoms with Crippen molar-refractivity contribution in [1.82, 2.24) is 5.32 Å². The van der Waals surface area contributed by atoms with E-state index in [0.29, 0.717) is 0 Å². The zero-order chi connectivity index (χ0) is 9.99. The van der Waals surface area contributed by atoms with Gasteiger partial charge in [0.2, 0.25) is 0 Å². The van der Waals surface area contributed by atoms with Crippen molar-refractivity contribution in [3.05, 3.63) is 0 Å². The highest BCUT2D eigenvalue weighted by molar-refractivity contribution is 6.32. The van der Waals surface area contributed by atoms with Crippen LogP contribution in [0.4, 0.5) is 22.0 Å². The van der Waals surface area contributed by atoms with Crippen LogP contribution in [0.15, 0.2) is 0 Å². The first kappa shape index (κ1) is 11.4. The van der Waals surface area contributed by atoms with Gasteiger partial charge in [-0.3, -0.25) is 4.79 Å². The second kappa shape index (κ2) is 3.42. The van der Waals surface area contributed by atoms with Crippen molar-refractivity contribution in [3.63, 3.8) is 0 Å². The standard InChI is InChI=1S/C4H3ClF5NO/c5-4(9,10)2(12)11-1-3(6,7)8/h1H2,(H,11,12). The molecule has 0 rings (SSSR count). The summed E-state index contributed by atoms with van der Waals surface area (Å²) < 4.78 is 57.3. The number of hydrogen-bond acceptors (Lipinski definition) is 1. The quantitative estimate of drug-likeness (QED) is 0.544. The first-order chi connectivity index (χ1) is 5.13. The Morgan fingerprint density at radius 2 is 1.67 bits per heavy atom. The Hall–Kier alpha value is -0.590. The van der Waals surface area contributed by atoms with Crippen LogP contribution in [-0.4, -0.2) is 24.0 Å². The third-order valence-corrected chi connectivity index (χ3v) is 0.878. The molecule has 0 aromatic carbocycles. The van der Waals surface area contributed by atoms with Gasteiger partial charge in [0.15, 0.2) is 0 Å². The van der Waals surface area contributed by atoms with Crippen molar-refractivity contribution in [2.45, 2.75) is 11.6 Å². The molecule has 0 radical (unpaired) electrons. The molecule has 8 heteroatoms. The van der Waals surface area contributed by atoms with Crippen molar-refractivity contribution in [1.29, 1.82) is 0 Å². The van der Waals surface area contributed by atoms with Crippen LogP contribution in [0.3, 0.4) is 0 Å². The van der Waals surface area contributed by atoms with Gasteiger partial charge in [-0.05, 0) is 11.6 Å². The Morgan fingerprint density at radius 1 is 1.25 bits per heavy atom. The van der Waals surface area contributed by atoms with Gasteiger partial charge in [0, 0.05) is 0 Å². The third kappa shape index (κ3) is 5.11. The van der Waals surface area contributed by atoms with Gasteiger partial charge in [-0.1, -0.05) is 0 Å². The third-order valence-electron chi connectivity index (χ3n) is 0.707. The molecule has 0 aliphatic rings. The number of alkyl halides is 6. The summed E-state index contributed by atoms with van der Waals surface area (Å²) in [4.78, 5) is 10.0. The van der Waals surface area contributed by atoms with E-state index in [9.17, 15) is 26.7 Å². The van der Waals surface area contributed by atoms with Crippen LogP contribution in [0.2, 0.25) is 0 Å². The Balaban J connectivity index is 3.90. The molecule has 0 saturated heterocycles. The number of carbonyl (C=O) groups is 1. The minimum atomic E-state index is -4.72. The molecule has 0 fully saturated rings. The van der Waals surface area contributed by atoms with Crippen LogP contribution in [0.25, 0.3) is 0 Å². The van der Waals surface area contributed by atoms with Crippen molar-refractivity contribution in [2.24, 2.45) is 0 Å². The molecule has 0 atom stereocenters. The van der Waals surface area contributed by atoms with E-state index >= 15 is 0 Å². The summed E-state index contributed by atoms with van der Waals surface area (Å²) in [6.45, 7) is -1.83. The van der Waals surface area contributed by atoms with Crippen molar-refractivity contribution in [3.8, 4) is 0 Å². The number of carbonyl (C=O) groups excluding carboxylic acids is 1. The van der Waals surface area contributed by atoms with Gasteiger partial charge in [-0.2, -0.15) is 22.0 Å². The van der Waals surface area contributed by atoms with Crippen LogP contribution >= 0.6 is 11.6 Å². The molecule has 0 aromatic rings. The van der Waals surface area contributed by atoms with Crippen molar-refractivity contribution in [2.75, 3.05) is 6.54 Å². The van der Waals surface area contributed by atoms with Gasteiger partial charge in [0.25, 0.3) is 0 Å². The molecule has 0 aliphatic heterocycles. The summed E-state index contributed by atoms with van der Waals surface area (Å²) in [5.41, 5.74) is 0. The van der Waals surface area contributed by atoms with Gasteiger partial charge in [0.1, 0.15) is 6.54 Å². The van der Waals surface area contributed by atoms with Crippen LogP contribution in [0.5, 0.6) is 0 Å². The lowest BCUT2D eigenvalue weighted by atomic mass is 10.5. The van der Waals surface area contributed by atoms with Gasteiger partial charge in [0.05, 0.1) is 0 Å². The molecule has 0 aliphatic carbocycles. The molecule has 0 bridgehead atoms. The van der Waals surface area contributed by atoms with Gasteiger partial charge < -0.3 is 5.32 Å². The van der Waals surface area contributed by atoms with Gasteiger partial charge in [-0.15, -0.1) is 0 Å². The van der Waals surface area contributed by atoms with E-state index in [2.05, 4.69) is 11.6 Å². The molecule has 1 N–H and O–H groups in total. The molecule has 0 unspecified atom stereocenters. The number of nitrogens with one attached hydrogen (secondary N) is 1. The van der Waals surface area contributed by atoms with E-state index in [4.69, 9.17) is 0 Å². The molecule has 0 aromatic heterocycles. The second-order valence-electron chi connectivity index (χ2n) is 1.80. The van der Waals surface area contributed by atoms with E-state index < -0.39 is 24.0 Å². The first-order valence-electron chi connectivity index (χ1n) is 2.55. The number of hydrogen-bond donors (Lipinski definition) is 1. The Bertz CT molecular complexity index is 173. The average molecular weight is 212 g/mol. The lowest BCUT2D eigenvalue weighted by molar-refractivity contribution is -0.147. The van der Waals surface area contributed by atoms with Crippen LogP contribution in [0, 0.1) is 0 Å². The zero-order valence-electron chi connectivity index (χ0n) is 5.38. The zero-order valence-corrected chi connectivity index (χ0v) is 6.14. The Kier molecular flexibility index (Phi) is 3.25. The summed E-state index contributed by atoms with van der Waals surface area (Å²) >= 11 is 4.10. The Morgan fingerprint density at radius 3 is 1.92 bits per heavy atom. The maximum absolute atomic E-state index is 11.7. The monoisotopic (exact) mass is 211 g/mol. The fourth-order valence-electron chi connectivity index (χ4n) is 0.281. The fourth-order valence-corrected chi connectivity index (χ4v) is 0.348. The van der Waals surface area contributed by atoms with Crippen LogP contribution in [-0.2, 0) is 4.79 Å². The largest absolute Gasteiger partial charge is 0.405 e. The highest BCUT2D eigenvalue weighted by Crippen LogP contribution is 2.19. The molecule has 1 amide bonds. The minimum absolute atomic E-state index is 0.917. The average Bonchev–Trinajstić information content (AvgIpc) is 1.78. The summed E-state index contributed by atoms with van der Waals surface area (Å²) in [6.07, 6.45) is -4.72. The molecule has 0 saturated carbocycles. The molecular weight excluding hydrogens is 208 g/mol. The maximum Gasteiger partial charge on any atom is 0.405 e. The van der Waals surface area contributed by atoms with Crippen molar-refractivity contribution >= 4 is 17.5 Å². The summed E-state index contributed by atoms with van der Waals surface area (Å²) in [6, 6.07) is 0. The normalized spacial score (nSPS) is 12.8. The maximum atomic E-state index is 11.7. The highest BCUT2D eigenvalue weighted by Gasteiger charge is 2.38. The van der Waals surface area contributed by atoms with Gasteiger partial charge >= 0.3 is 17.5 Å². The van der Waals surface area contributed by atoms with Gasteiger partial charge in [-0.25, -0.2) is 0 Å². The fraction of sp³-hybridized carbons (Fsp3) is 0.750. The van der Waals surface area contributed by atoms with E-state index in [-0.39, 0.29) is 0 Å². The van der Waals surface area contributed by atoms with E-state index in [1.807, 2.05) is 0 Å². The highest BCUT2D eigenvalue weighted by atomic mass is 35.5. The summed E-state index contributed by atoms with van der Waals surface area (Å²) in [5, 5.41) is -3.38. The Labute approximate surface area is 68.7 Å². The number of halogens is 6. The number of rotatable bonds is 2. The lowest BCUT2D eigenvalue weighted by Gasteiger charge is -2.10. The van der Waals surface area contributed by atoms with E-state index in [1.165, 1.54) is 0 Å². The molecule has 0 heterocycles. The lowest BCUT2D eigenvalue weighted by Crippen LogP contribution is -2.41. The smallest absolute Gasteiger partial charge is 0.341 e. The summed E-state index contributed by atoms with van der Waals surface area (Å²) in [5.74, 6) is -2.17. The summed E-state index contributed by atoms with van der Waals surface area (Å²) in [7, 11) is 0. The molecule has 2 nitrogen and oxygen atoms in total. The SMILES string of the molecule is O=C(NCC(F)(F)F)C(F)(F)Cl. The van der Waals surface area contributed by atoms with Crippen LogP contribution < -0.4 is 5.32 Å². The predicted molar refractivity (Wildman–Crippen MR) is 29.9 cm³/mol. The van der Waals surface area contributed by atoms with Crippen LogP contribution in [0.1, 0.15) is 0 Å². The predicted octanol–water partition coefficient (Wildman–Crippen LogP) is 1.50. The van der Waals surface area contributed by atoms with E-state index in [1.54, 1.807) is 0 Å². The molecule has 12 heavy (non-hydrogen) atoms. The molecule has 72 valence electrons. The minimum Gasteiger partial charge on any atom is -0.341 e. The van der Waals surface area contributed by atoms with Crippen molar-refractivity contribution < 1.29 is 26.7 Å². The molecular formula is C4H3ClF5NO. The molecule has 0 spiro atoms. The first-order valence-corrected chi connectivity index (χ1v) is 2.92. The topological polar surface area (TPSA) is 29.1 Å². The number of amides is 1.